The summed E-state index contributed by atoms with van der Waals surface area (Å²) < 4.78 is 14.2. The van der Waals surface area contributed by atoms with Crippen LogP contribution < -0.4 is 0 Å². The molecule has 0 bridgehead atoms. The van der Waals surface area contributed by atoms with Crippen LogP contribution in [0, 0.1) is 5.82 Å². The number of rotatable bonds is 5. The molecule has 0 N–H and O–H groups in total. The van der Waals surface area contributed by atoms with Crippen molar-refractivity contribution >= 4 is 43.2 Å². The molecule has 3 nitrogen and oxygen atoms in total. The topological polar surface area (TPSA) is 38.7 Å². The largest absolute Gasteiger partial charge is 0.247 e. The van der Waals surface area contributed by atoms with Crippen molar-refractivity contribution in [2.75, 3.05) is 0 Å². The summed E-state index contributed by atoms with van der Waals surface area (Å²) >= 11 is 0. The lowest BCUT2D eigenvalue weighted by Gasteiger charge is -2.18. The highest BCUT2D eigenvalue weighted by Crippen LogP contribution is 2.44. The van der Waals surface area contributed by atoms with Crippen LogP contribution in [0.5, 0.6) is 0 Å². The zero-order valence-electron chi connectivity index (χ0n) is 28.5. The second-order valence-electron chi connectivity index (χ2n) is 13.3. The zero-order valence-corrected chi connectivity index (χ0v) is 28.5. The van der Waals surface area contributed by atoms with E-state index < -0.39 is 0 Å². The highest BCUT2D eigenvalue weighted by molar-refractivity contribution is 6.26. The number of fused-ring (bicyclic) bond motifs is 6. The van der Waals surface area contributed by atoms with Gasteiger partial charge >= 0.3 is 0 Å². The van der Waals surface area contributed by atoms with E-state index in [1.807, 2.05) is 54.6 Å². The summed E-state index contributed by atoms with van der Waals surface area (Å²) in [6.45, 7) is 0. The Kier molecular flexibility index (Phi) is 7.33. The van der Waals surface area contributed by atoms with Crippen molar-refractivity contribution in [1.82, 2.24) is 15.0 Å². The maximum atomic E-state index is 14.2. The van der Waals surface area contributed by atoms with Gasteiger partial charge in [0.25, 0.3) is 0 Å². The summed E-state index contributed by atoms with van der Waals surface area (Å²) in [7, 11) is 0. The maximum absolute atomic E-state index is 14.2. The van der Waals surface area contributed by atoms with Crippen LogP contribution in [-0.2, 0) is 0 Å². The van der Waals surface area contributed by atoms with Gasteiger partial charge in [-0.1, -0.05) is 133 Å². The molecule has 0 saturated heterocycles. The van der Waals surface area contributed by atoms with E-state index in [0.717, 1.165) is 93.7 Å². The number of hydrogen-bond acceptors (Lipinski definition) is 3. The van der Waals surface area contributed by atoms with Gasteiger partial charge in [0.05, 0.1) is 22.6 Å². The first-order valence-electron chi connectivity index (χ1n) is 17.7. The molecule has 0 radical (unpaired) electrons. The van der Waals surface area contributed by atoms with Gasteiger partial charge in [-0.3, -0.25) is 0 Å². The van der Waals surface area contributed by atoms with Crippen molar-refractivity contribution in [3.63, 3.8) is 0 Å². The fourth-order valence-corrected chi connectivity index (χ4v) is 7.68. The summed E-state index contributed by atoms with van der Waals surface area (Å²) in [5.41, 5.74) is 9.57. The monoisotopic (exact) mass is 679 g/mol. The summed E-state index contributed by atoms with van der Waals surface area (Å²) in [5.74, 6) is 0.399. The van der Waals surface area contributed by atoms with E-state index in [4.69, 9.17) is 15.0 Å². The third-order valence-electron chi connectivity index (χ3n) is 10.1. The van der Waals surface area contributed by atoms with Gasteiger partial charge in [-0.25, -0.2) is 19.3 Å². The Hall–Kier alpha value is -7.04. The normalized spacial score (nSPS) is 11.5. The van der Waals surface area contributed by atoms with E-state index >= 15 is 0 Å². The zero-order chi connectivity index (χ0) is 35.3. The predicted molar refractivity (Wildman–Crippen MR) is 217 cm³/mol. The molecule has 10 rings (SSSR count). The van der Waals surface area contributed by atoms with Crippen molar-refractivity contribution in [3.05, 3.63) is 188 Å². The third kappa shape index (κ3) is 5.31. The smallest absolute Gasteiger partial charge is 0.161 e. The fourth-order valence-electron chi connectivity index (χ4n) is 7.68. The lowest BCUT2D eigenvalue weighted by atomic mass is 9.87. The van der Waals surface area contributed by atoms with Gasteiger partial charge in [-0.2, -0.15) is 0 Å². The van der Waals surface area contributed by atoms with Gasteiger partial charge in [-0.15, -0.1) is 0 Å². The second-order valence-corrected chi connectivity index (χ2v) is 13.3. The molecular weight excluding hydrogens is 650 g/mol. The molecule has 0 atom stereocenters. The number of aromatic nitrogens is 3. The first-order chi connectivity index (χ1) is 26.2. The molecule has 0 saturated carbocycles. The van der Waals surface area contributed by atoms with E-state index in [1.165, 1.54) is 12.1 Å². The predicted octanol–water partition coefficient (Wildman–Crippen LogP) is 13.0. The Balaban J connectivity index is 1.25. The quantitative estimate of drug-likeness (QED) is 0.170. The lowest BCUT2D eigenvalue weighted by Crippen LogP contribution is -1.97. The van der Waals surface area contributed by atoms with Gasteiger partial charge in [0, 0.05) is 38.4 Å². The number of nitrogens with zero attached hydrogens (tertiary/aromatic N) is 3. The highest BCUT2D eigenvalue weighted by Gasteiger charge is 2.20. The van der Waals surface area contributed by atoms with Gasteiger partial charge in [0.15, 0.2) is 5.82 Å². The van der Waals surface area contributed by atoms with Crippen LogP contribution >= 0.6 is 0 Å². The SMILES string of the molecule is Fc1ccc(-c2nc3ccccc3c3c2cc(-c2ccc(-c4nc(-c5ccccc5)cc(-c5ccccc5)n4)c4ccccc24)c2ccccc23)cc1. The molecule has 0 unspecified atom stereocenters. The first kappa shape index (κ1) is 30.8. The van der Waals surface area contributed by atoms with Crippen molar-refractivity contribution in [2.45, 2.75) is 0 Å². The standard InChI is InChI=1S/C49H30FN3/c50-34-25-23-33(24-26-34)48-43-29-42(37-19-9-10-20-39(37)47(43)41-21-11-12-22-44(41)51-48)38-27-28-40(36-18-8-7-17-35(36)38)49-52-45(31-13-3-1-4-14-31)30-46(53-49)32-15-5-2-6-16-32/h1-30H. The van der Waals surface area contributed by atoms with Crippen molar-refractivity contribution in [2.24, 2.45) is 0 Å². The third-order valence-corrected chi connectivity index (χ3v) is 10.1. The van der Waals surface area contributed by atoms with E-state index in [9.17, 15) is 4.39 Å². The first-order valence-corrected chi connectivity index (χ1v) is 17.7. The van der Waals surface area contributed by atoms with Crippen LogP contribution in [0.25, 0.3) is 99.5 Å². The molecule has 0 aliphatic rings. The minimum atomic E-state index is -0.272. The van der Waals surface area contributed by atoms with E-state index in [0.29, 0.717) is 5.82 Å². The Bertz CT molecular complexity index is 2940. The molecule has 0 fully saturated rings. The highest BCUT2D eigenvalue weighted by atomic mass is 19.1. The van der Waals surface area contributed by atoms with E-state index in [2.05, 4.69) is 115 Å². The van der Waals surface area contributed by atoms with Crippen molar-refractivity contribution in [3.8, 4) is 56.3 Å². The van der Waals surface area contributed by atoms with Crippen LogP contribution in [0.1, 0.15) is 0 Å². The number of hydrogen-bond donors (Lipinski definition) is 0. The minimum absolute atomic E-state index is 0.272. The van der Waals surface area contributed by atoms with Gasteiger partial charge in [-0.05, 0) is 81.2 Å². The minimum Gasteiger partial charge on any atom is -0.247 e. The molecule has 248 valence electrons. The van der Waals surface area contributed by atoms with Crippen molar-refractivity contribution < 1.29 is 4.39 Å². The Morgan fingerprint density at radius 3 is 1.49 bits per heavy atom. The number of halogens is 1. The fraction of sp³-hybridized carbons (Fsp3) is 0. The molecule has 0 aliphatic heterocycles. The molecule has 0 spiro atoms. The average Bonchev–Trinajstić information content (AvgIpc) is 3.23. The molecule has 4 heteroatoms. The molecule has 8 aromatic carbocycles. The van der Waals surface area contributed by atoms with E-state index in [1.54, 1.807) is 0 Å². The number of para-hydroxylation sites is 1. The van der Waals surface area contributed by atoms with Crippen LogP contribution in [0.15, 0.2) is 182 Å². The van der Waals surface area contributed by atoms with Crippen LogP contribution in [0.3, 0.4) is 0 Å². The molecular formula is C49H30FN3. The summed E-state index contributed by atoms with van der Waals surface area (Å²) in [4.78, 5) is 15.5. The molecule has 0 amide bonds. The van der Waals surface area contributed by atoms with Crippen molar-refractivity contribution in [1.29, 1.82) is 0 Å². The van der Waals surface area contributed by atoms with Crippen LogP contribution in [-0.4, -0.2) is 15.0 Å². The summed E-state index contributed by atoms with van der Waals surface area (Å²) in [5, 5.41) is 7.68. The molecule has 10 aromatic rings. The number of pyridine rings is 1. The average molecular weight is 680 g/mol. The van der Waals surface area contributed by atoms with E-state index in [-0.39, 0.29) is 5.82 Å². The van der Waals surface area contributed by atoms with Gasteiger partial charge < -0.3 is 0 Å². The Labute approximate surface area is 305 Å². The maximum Gasteiger partial charge on any atom is 0.161 e. The molecule has 2 aromatic heterocycles. The Morgan fingerprint density at radius 2 is 0.849 bits per heavy atom. The van der Waals surface area contributed by atoms with Gasteiger partial charge in [0.2, 0.25) is 0 Å². The summed E-state index contributed by atoms with van der Waals surface area (Å²) in [6, 6.07) is 61.3. The molecule has 0 aliphatic carbocycles. The lowest BCUT2D eigenvalue weighted by molar-refractivity contribution is 0.628. The van der Waals surface area contributed by atoms with Crippen LogP contribution in [0.2, 0.25) is 0 Å². The van der Waals surface area contributed by atoms with Crippen LogP contribution in [0.4, 0.5) is 4.39 Å². The Morgan fingerprint density at radius 1 is 0.340 bits per heavy atom. The molecule has 53 heavy (non-hydrogen) atoms. The second kappa shape index (κ2) is 12.6. The number of benzene rings is 8. The molecule has 2 heterocycles. The summed E-state index contributed by atoms with van der Waals surface area (Å²) in [6.07, 6.45) is 0. The van der Waals surface area contributed by atoms with Gasteiger partial charge in [0.1, 0.15) is 5.82 Å².